The molecule has 0 aromatic carbocycles. The number of carbonyl (C=O) groups is 1. The van der Waals surface area contributed by atoms with Gasteiger partial charge in [-0.25, -0.2) is 13.8 Å². The molecule has 4 nitrogen and oxygen atoms in total. The van der Waals surface area contributed by atoms with E-state index in [4.69, 9.17) is 5.41 Å². The van der Waals surface area contributed by atoms with Gasteiger partial charge in [0.1, 0.15) is 11.8 Å². The molecule has 0 radical (unpaired) electrons. The van der Waals surface area contributed by atoms with Crippen LogP contribution in [0, 0.1) is 12.3 Å². The molecule has 0 saturated carbocycles. The van der Waals surface area contributed by atoms with Crippen LogP contribution in [0.4, 0.5) is 8.78 Å². The fourth-order valence-corrected chi connectivity index (χ4v) is 2.51. The molecule has 1 aliphatic carbocycles. The zero-order chi connectivity index (χ0) is 15.1. The largest absolute Gasteiger partial charge is 0.345 e. The number of carbonyl (C=O) groups excluding carboxylic acids is 1. The molecule has 6 heteroatoms. The molecule has 1 atom stereocenters. The van der Waals surface area contributed by atoms with Gasteiger partial charge in [0, 0.05) is 23.3 Å². The van der Waals surface area contributed by atoms with E-state index < -0.39 is 23.4 Å². The summed E-state index contributed by atoms with van der Waals surface area (Å²) in [6.07, 6.45) is 1.35. The average Bonchev–Trinajstić information content (AvgIpc) is 2.86. The van der Waals surface area contributed by atoms with Crippen LogP contribution in [-0.2, 0) is 0 Å². The molecule has 0 aliphatic heterocycles. The van der Waals surface area contributed by atoms with Crippen molar-refractivity contribution in [2.75, 3.05) is 0 Å². The number of H-pyrrole nitrogens is 1. The quantitative estimate of drug-likeness (QED) is 0.831. The van der Waals surface area contributed by atoms with Gasteiger partial charge in [-0.2, -0.15) is 0 Å². The van der Waals surface area contributed by atoms with Crippen molar-refractivity contribution < 1.29 is 13.6 Å². The Morgan fingerprint density at radius 1 is 1.52 bits per heavy atom. The van der Waals surface area contributed by atoms with Crippen molar-refractivity contribution in [1.82, 2.24) is 9.97 Å². The summed E-state index contributed by atoms with van der Waals surface area (Å²) in [7, 11) is 0. The number of Topliss-reactive ketones (excluding diaryl/α,β-unsaturated/α-hetero) is 1. The second-order valence-electron chi connectivity index (χ2n) is 5.15. The van der Waals surface area contributed by atoms with Crippen LogP contribution in [0.2, 0.25) is 0 Å². The van der Waals surface area contributed by atoms with Gasteiger partial charge in [-0.3, -0.25) is 4.79 Å². The molecule has 0 saturated heterocycles. The first-order valence-corrected chi connectivity index (χ1v) is 6.59. The lowest BCUT2D eigenvalue weighted by molar-refractivity contribution is 0.101. The standard InChI is InChI=1S/C15H13F2N3O/c1-7-4-8-9(6-20-15(8)19-5-7)14(21)12-10(16)2-3-11(18)13(12)17/h4-6,10,18H,2-3H2,1H3,(H,19,20). The number of halogens is 2. The maximum Gasteiger partial charge on any atom is 0.197 e. The van der Waals surface area contributed by atoms with Crippen molar-refractivity contribution in [1.29, 1.82) is 5.41 Å². The van der Waals surface area contributed by atoms with Gasteiger partial charge in [0.05, 0.1) is 11.3 Å². The predicted octanol–water partition coefficient (Wildman–Crippen LogP) is 3.43. The number of aromatic amines is 1. The van der Waals surface area contributed by atoms with Gasteiger partial charge in [0.15, 0.2) is 11.6 Å². The molecule has 3 rings (SSSR count). The lowest BCUT2D eigenvalue weighted by Crippen LogP contribution is -2.24. The van der Waals surface area contributed by atoms with E-state index in [-0.39, 0.29) is 24.1 Å². The summed E-state index contributed by atoms with van der Waals surface area (Å²) in [5.74, 6) is -1.75. The molecule has 0 spiro atoms. The van der Waals surface area contributed by atoms with Crippen LogP contribution in [0.3, 0.4) is 0 Å². The van der Waals surface area contributed by atoms with E-state index in [1.54, 1.807) is 12.3 Å². The first-order valence-electron chi connectivity index (χ1n) is 6.59. The Labute approximate surface area is 119 Å². The number of rotatable bonds is 2. The van der Waals surface area contributed by atoms with Gasteiger partial charge in [-0.05, 0) is 31.4 Å². The van der Waals surface area contributed by atoms with Crippen molar-refractivity contribution >= 4 is 22.5 Å². The van der Waals surface area contributed by atoms with Crippen LogP contribution in [0.25, 0.3) is 11.0 Å². The number of allylic oxidation sites excluding steroid dienone is 2. The summed E-state index contributed by atoms with van der Waals surface area (Å²) in [6, 6.07) is 1.74. The van der Waals surface area contributed by atoms with E-state index in [0.717, 1.165) is 5.56 Å². The van der Waals surface area contributed by atoms with Gasteiger partial charge in [-0.1, -0.05) is 0 Å². The molecule has 0 bridgehead atoms. The fourth-order valence-electron chi connectivity index (χ4n) is 2.51. The van der Waals surface area contributed by atoms with Crippen LogP contribution in [0.1, 0.15) is 28.8 Å². The zero-order valence-corrected chi connectivity index (χ0v) is 11.3. The fraction of sp³-hybridized carbons (Fsp3) is 0.267. The summed E-state index contributed by atoms with van der Waals surface area (Å²) in [5, 5.41) is 7.99. The van der Waals surface area contributed by atoms with Crippen molar-refractivity contribution in [3.8, 4) is 0 Å². The highest BCUT2D eigenvalue weighted by molar-refractivity contribution is 6.19. The molecule has 2 N–H and O–H groups in total. The highest BCUT2D eigenvalue weighted by Crippen LogP contribution is 2.31. The summed E-state index contributed by atoms with van der Waals surface area (Å²) < 4.78 is 27.9. The molecule has 0 fully saturated rings. The van der Waals surface area contributed by atoms with E-state index in [2.05, 4.69) is 9.97 Å². The minimum Gasteiger partial charge on any atom is -0.345 e. The van der Waals surface area contributed by atoms with Gasteiger partial charge in [0.25, 0.3) is 0 Å². The lowest BCUT2D eigenvalue weighted by atomic mass is 9.89. The second kappa shape index (κ2) is 4.87. The van der Waals surface area contributed by atoms with Crippen LogP contribution in [-0.4, -0.2) is 27.6 Å². The second-order valence-corrected chi connectivity index (χ2v) is 5.15. The predicted molar refractivity (Wildman–Crippen MR) is 75.2 cm³/mol. The van der Waals surface area contributed by atoms with Crippen molar-refractivity contribution in [3.05, 3.63) is 41.0 Å². The normalized spacial score (nSPS) is 19.4. The first kappa shape index (κ1) is 13.6. The lowest BCUT2D eigenvalue weighted by Gasteiger charge is -2.18. The summed E-state index contributed by atoms with van der Waals surface area (Å²) in [6.45, 7) is 1.82. The van der Waals surface area contributed by atoms with E-state index in [1.807, 2.05) is 6.92 Å². The van der Waals surface area contributed by atoms with Crippen molar-refractivity contribution in [2.24, 2.45) is 0 Å². The Hall–Kier alpha value is -2.37. The number of pyridine rings is 1. The third-order valence-electron chi connectivity index (χ3n) is 3.62. The third kappa shape index (κ3) is 2.16. The smallest absolute Gasteiger partial charge is 0.197 e. The minimum atomic E-state index is -1.67. The van der Waals surface area contributed by atoms with Gasteiger partial charge in [0.2, 0.25) is 0 Å². The Morgan fingerprint density at radius 2 is 2.29 bits per heavy atom. The van der Waals surface area contributed by atoms with Crippen LogP contribution >= 0.6 is 0 Å². The van der Waals surface area contributed by atoms with Gasteiger partial charge >= 0.3 is 0 Å². The van der Waals surface area contributed by atoms with Crippen LogP contribution in [0.15, 0.2) is 29.9 Å². The first-order chi connectivity index (χ1) is 9.99. The number of nitrogens with one attached hydrogen (secondary N) is 2. The number of hydrogen-bond acceptors (Lipinski definition) is 3. The molecule has 108 valence electrons. The van der Waals surface area contributed by atoms with E-state index >= 15 is 0 Å². The Balaban J connectivity index is 2.14. The Bertz CT molecular complexity index is 791. The summed E-state index contributed by atoms with van der Waals surface area (Å²) in [5.41, 5.74) is 0.656. The molecule has 0 amide bonds. The average molecular weight is 289 g/mol. The number of alkyl halides is 1. The topological polar surface area (TPSA) is 69.6 Å². The SMILES string of the molecule is Cc1cnc2[nH]cc(C(=O)C3=C(F)C(=N)CCC3F)c2c1. The van der Waals surface area contributed by atoms with E-state index in [0.29, 0.717) is 11.0 Å². The Morgan fingerprint density at radius 3 is 3.05 bits per heavy atom. The summed E-state index contributed by atoms with van der Waals surface area (Å²) >= 11 is 0. The molecular weight excluding hydrogens is 276 g/mol. The van der Waals surface area contributed by atoms with Gasteiger partial charge in [-0.15, -0.1) is 0 Å². The molecular formula is C15H13F2N3O. The molecule has 21 heavy (non-hydrogen) atoms. The maximum atomic E-state index is 14.0. The van der Waals surface area contributed by atoms with E-state index in [1.165, 1.54) is 6.20 Å². The monoisotopic (exact) mass is 289 g/mol. The number of aromatic nitrogens is 2. The highest BCUT2D eigenvalue weighted by Gasteiger charge is 2.33. The highest BCUT2D eigenvalue weighted by atomic mass is 19.1. The third-order valence-corrected chi connectivity index (χ3v) is 3.62. The van der Waals surface area contributed by atoms with Crippen molar-refractivity contribution in [3.63, 3.8) is 0 Å². The van der Waals surface area contributed by atoms with E-state index in [9.17, 15) is 13.6 Å². The molecule has 2 aromatic rings. The number of hydrogen-bond donors (Lipinski definition) is 2. The number of ketones is 1. The molecule has 2 aromatic heterocycles. The number of aryl methyl sites for hydroxylation is 1. The number of fused-ring (bicyclic) bond motifs is 1. The Kier molecular flexibility index (Phi) is 3.16. The maximum absolute atomic E-state index is 14.0. The molecule has 1 unspecified atom stereocenters. The zero-order valence-electron chi connectivity index (χ0n) is 11.3. The van der Waals surface area contributed by atoms with Crippen molar-refractivity contribution in [2.45, 2.75) is 25.9 Å². The summed E-state index contributed by atoms with van der Waals surface area (Å²) in [4.78, 5) is 19.4. The van der Waals surface area contributed by atoms with Crippen LogP contribution in [0.5, 0.6) is 0 Å². The number of nitrogens with zero attached hydrogens (tertiary/aromatic N) is 1. The molecule has 1 aliphatic rings. The van der Waals surface area contributed by atoms with Gasteiger partial charge < -0.3 is 10.4 Å². The minimum absolute atomic E-state index is 0.0122. The van der Waals surface area contributed by atoms with Crippen LogP contribution < -0.4 is 0 Å². The molecule has 2 heterocycles.